The van der Waals surface area contributed by atoms with Gasteiger partial charge in [0.2, 0.25) is 11.8 Å². The number of nitrogens with one attached hydrogen (secondary N) is 1. The fourth-order valence-corrected chi connectivity index (χ4v) is 6.29. The zero-order valence-electron chi connectivity index (χ0n) is 25.1. The first kappa shape index (κ1) is 31.5. The van der Waals surface area contributed by atoms with Gasteiger partial charge in [-0.3, -0.25) is 13.9 Å². The van der Waals surface area contributed by atoms with Gasteiger partial charge < -0.3 is 10.2 Å². The van der Waals surface area contributed by atoms with Crippen molar-refractivity contribution in [1.29, 1.82) is 0 Å². The summed E-state index contributed by atoms with van der Waals surface area (Å²) in [5.41, 5.74) is 2.55. The molecule has 0 saturated carbocycles. The number of carbonyl (C=O) groups excluding carboxylic acids is 2. The second-order valence-electron chi connectivity index (χ2n) is 11.6. The first-order valence-corrected chi connectivity index (χ1v) is 15.7. The predicted molar refractivity (Wildman–Crippen MR) is 171 cm³/mol. The van der Waals surface area contributed by atoms with Crippen molar-refractivity contribution in [2.75, 3.05) is 10.8 Å². The Bertz CT molecular complexity index is 1620. The lowest BCUT2D eigenvalue weighted by Crippen LogP contribution is -2.56. The SMILES string of the molecule is Cc1cccc(CN(C(=O)CN(c2ccccc2)S(=O)(=O)c2ccccc2)[C@H](Cc2ccccc2)C(=O)NC(C)(C)C)c1. The van der Waals surface area contributed by atoms with Crippen molar-refractivity contribution in [2.45, 2.75) is 57.1 Å². The Labute approximate surface area is 255 Å². The van der Waals surface area contributed by atoms with Crippen LogP contribution in [0.2, 0.25) is 0 Å². The van der Waals surface area contributed by atoms with Gasteiger partial charge in [-0.05, 0) is 63.1 Å². The largest absolute Gasteiger partial charge is 0.350 e. The van der Waals surface area contributed by atoms with E-state index in [2.05, 4.69) is 5.32 Å². The van der Waals surface area contributed by atoms with Gasteiger partial charge in [0, 0.05) is 18.5 Å². The van der Waals surface area contributed by atoms with Crippen molar-refractivity contribution < 1.29 is 18.0 Å². The molecule has 0 spiro atoms. The highest BCUT2D eigenvalue weighted by atomic mass is 32.2. The highest BCUT2D eigenvalue weighted by molar-refractivity contribution is 7.92. The lowest BCUT2D eigenvalue weighted by atomic mass is 10.0. The molecular formula is C35H39N3O4S. The van der Waals surface area contributed by atoms with E-state index in [0.29, 0.717) is 5.69 Å². The van der Waals surface area contributed by atoms with Crippen LogP contribution < -0.4 is 9.62 Å². The predicted octanol–water partition coefficient (Wildman–Crippen LogP) is 5.75. The zero-order valence-corrected chi connectivity index (χ0v) is 25.9. The Kier molecular flexibility index (Phi) is 10.0. The van der Waals surface area contributed by atoms with E-state index in [-0.39, 0.29) is 23.8 Å². The molecule has 4 aromatic rings. The molecule has 8 heteroatoms. The molecule has 0 unspecified atom stereocenters. The molecule has 0 aromatic heterocycles. The zero-order chi connectivity index (χ0) is 31.0. The van der Waals surface area contributed by atoms with Gasteiger partial charge in [0.1, 0.15) is 12.6 Å². The van der Waals surface area contributed by atoms with Gasteiger partial charge in [0.05, 0.1) is 10.6 Å². The van der Waals surface area contributed by atoms with Crippen molar-refractivity contribution in [3.05, 3.63) is 132 Å². The van der Waals surface area contributed by atoms with Crippen LogP contribution in [0.1, 0.15) is 37.5 Å². The Hall–Kier alpha value is -4.43. The number of para-hydroxylation sites is 1. The van der Waals surface area contributed by atoms with Gasteiger partial charge in [0.25, 0.3) is 10.0 Å². The summed E-state index contributed by atoms with van der Waals surface area (Å²) in [5.74, 6) is -0.801. The second kappa shape index (κ2) is 13.7. The number of hydrogen-bond donors (Lipinski definition) is 1. The number of nitrogens with zero attached hydrogens (tertiary/aromatic N) is 2. The highest BCUT2D eigenvalue weighted by Gasteiger charge is 2.35. The van der Waals surface area contributed by atoms with Crippen LogP contribution in [0.5, 0.6) is 0 Å². The number of amides is 2. The van der Waals surface area contributed by atoms with Gasteiger partial charge in [-0.1, -0.05) is 96.6 Å². The first-order chi connectivity index (χ1) is 20.4. The molecule has 0 radical (unpaired) electrons. The van der Waals surface area contributed by atoms with Crippen LogP contribution in [-0.4, -0.2) is 43.3 Å². The molecule has 0 heterocycles. The monoisotopic (exact) mass is 597 g/mol. The quantitative estimate of drug-likeness (QED) is 0.239. The van der Waals surface area contributed by atoms with Crippen LogP contribution >= 0.6 is 0 Å². The van der Waals surface area contributed by atoms with Gasteiger partial charge in [-0.25, -0.2) is 8.42 Å². The van der Waals surface area contributed by atoms with Gasteiger partial charge in [0.15, 0.2) is 0 Å². The van der Waals surface area contributed by atoms with Gasteiger partial charge in [-0.2, -0.15) is 0 Å². The molecule has 224 valence electrons. The lowest BCUT2D eigenvalue weighted by Gasteiger charge is -2.35. The summed E-state index contributed by atoms with van der Waals surface area (Å²) >= 11 is 0. The molecule has 4 rings (SSSR count). The summed E-state index contributed by atoms with van der Waals surface area (Å²) in [6, 6.07) is 33.0. The van der Waals surface area contributed by atoms with Crippen LogP contribution in [0.25, 0.3) is 0 Å². The maximum atomic E-state index is 14.4. The molecular weight excluding hydrogens is 558 g/mol. The van der Waals surface area contributed by atoms with Crippen molar-refractivity contribution >= 4 is 27.5 Å². The average Bonchev–Trinajstić information content (AvgIpc) is 2.98. The first-order valence-electron chi connectivity index (χ1n) is 14.3. The Morgan fingerprint density at radius 3 is 1.91 bits per heavy atom. The van der Waals surface area contributed by atoms with E-state index < -0.39 is 34.1 Å². The molecule has 1 N–H and O–H groups in total. The Morgan fingerprint density at radius 1 is 0.767 bits per heavy atom. The van der Waals surface area contributed by atoms with E-state index in [1.165, 1.54) is 17.0 Å². The smallest absolute Gasteiger partial charge is 0.264 e. The maximum Gasteiger partial charge on any atom is 0.264 e. The molecule has 0 bridgehead atoms. The number of rotatable bonds is 11. The van der Waals surface area contributed by atoms with Crippen molar-refractivity contribution in [2.24, 2.45) is 0 Å². The summed E-state index contributed by atoms with van der Waals surface area (Å²) in [7, 11) is -4.11. The third kappa shape index (κ3) is 8.55. The van der Waals surface area contributed by atoms with Crippen LogP contribution in [0, 0.1) is 6.92 Å². The standard InChI is InChI=1S/C35H39N3O4S/c1-27-15-14-18-29(23-27)25-37(32(34(40)36-35(2,3)4)24-28-16-8-5-9-17-28)33(39)26-38(30-19-10-6-11-20-30)43(41,42)31-21-12-7-13-22-31/h5-23,32H,24-26H2,1-4H3,(H,36,40)/t32-/m1/s1. The molecule has 1 atom stereocenters. The van der Waals surface area contributed by atoms with Crippen LogP contribution in [0.3, 0.4) is 0 Å². The summed E-state index contributed by atoms with van der Waals surface area (Å²) in [6.45, 7) is 7.28. The van der Waals surface area contributed by atoms with Crippen LogP contribution in [0.15, 0.2) is 120 Å². The van der Waals surface area contributed by atoms with E-state index in [0.717, 1.165) is 21.0 Å². The van der Waals surface area contributed by atoms with Crippen molar-refractivity contribution in [1.82, 2.24) is 10.2 Å². The summed E-state index contributed by atoms with van der Waals surface area (Å²) < 4.78 is 29.0. The Morgan fingerprint density at radius 2 is 1.33 bits per heavy atom. The molecule has 4 aromatic carbocycles. The molecule has 0 aliphatic carbocycles. The molecule has 7 nitrogen and oxygen atoms in total. The summed E-state index contributed by atoms with van der Waals surface area (Å²) in [4.78, 5) is 29.9. The highest BCUT2D eigenvalue weighted by Crippen LogP contribution is 2.25. The van der Waals surface area contributed by atoms with E-state index in [9.17, 15) is 18.0 Å². The molecule has 0 saturated heterocycles. The summed E-state index contributed by atoms with van der Waals surface area (Å²) in [6.07, 6.45) is 0.261. The number of carbonyl (C=O) groups is 2. The molecule has 2 amide bonds. The second-order valence-corrected chi connectivity index (χ2v) is 13.5. The van der Waals surface area contributed by atoms with E-state index in [4.69, 9.17) is 0 Å². The minimum atomic E-state index is -4.11. The maximum absolute atomic E-state index is 14.4. The van der Waals surface area contributed by atoms with Crippen molar-refractivity contribution in [3.8, 4) is 0 Å². The van der Waals surface area contributed by atoms with Crippen LogP contribution in [0.4, 0.5) is 5.69 Å². The third-order valence-corrected chi connectivity index (χ3v) is 8.65. The number of hydrogen-bond acceptors (Lipinski definition) is 4. The fraction of sp³-hybridized carbons (Fsp3) is 0.257. The Balaban J connectivity index is 1.80. The topological polar surface area (TPSA) is 86.8 Å². The number of benzene rings is 4. The van der Waals surface area contributed by atoms with Gasteiger partial charge in [-0.15, -0.1) is 0 Å². The van der Waals surface area contributed by atoms with Crippen LogP contribution in [-0.2, 0) is 32.6 Å². The molecule has 43 heavy (non-hydrogen) atoms. The van der Waals surface area contributed by atoms with E-state index in [1.54, 1.807) is 48.5 Å². The van der Waals surface area contributed by atoms with E-state index >= 15 is 0 Å². The van der Waals surface area contributed by atoms with Crippen molar-refractivity contribution in [3.63, 3.8) is 0 Å². The van der Waals surface area contributed by atoms with E-state index in [1.807, 2.05) is 82.3 Å². The normalized spacial score (nSPS) is 12.3. The number of aryl methyl sites for hydroxylation is 1. The lowest BCUT2D eigenvalue weighted by molar-refractivity contribution is -0.140. The average molecular weight is 598 g/mol. The molecule has 0 aliphatic heterocycles. The summed E-state index contributed by atoms with van der Waals surface area (Å²) in [5, 5.41) is 3.05. The molecule has 0 fully saturated rings. The fourth-order valence-electron chi connectivity index (χ4n) is 4.86. The minimum Gasteiger partial charge on any atom is -0.350 e. The molecule has 0 aliphatic rings. The van der Waals surface area contributed by atoms with Gasteiger partial charge >= 0.3 is 0 Å². The number of sulfonamides is 1. The minimum absolute atomic E-state index is 0.0724. The number of anilines is 1. The third-order valence-electron chi connectivity index (χ3n) is 6.86.